The molecular weight excluding hydrogens is 334 g/mol. The van der Waals surface area contributed by atoms with Gasteiger partial charge in [-0.15, -0.1) is 0 Å². The van der Waals surface area contributed by atoms with Gasteiger partial charge in [0.05, 0.1) is 0 Å². The van der Waals surface area contributed by atoms with Gasteiger partial charge in [-0.25, -0.2) is 19.6 Å². The van der Waals surface area contributed by atoms with Gasteiger partial charge in [-0.2, -0.15) is 0 Å². The summed E-state index contributed by atoms with van der Waals surface area (Å²) in [5.41, 5.74) is -0.515. The molecule has 1 saturated carbocycles. The number of hydrogen-bond donors (Lipinski definition) is 2. The second-order valence-electron chi connectivity index (χ2n) is 8.07. The lowest BCUT2D eigenvalue weighted by molar-refractivity contribution is 0.0262. The monoisotopic (exact) mass is 361 g/mol. The average molecular weight is 361 g/mol. The number of hydrogen-bond acceptors (Lipinski definition) is 5. The summed E-state index contributed by atoms with van der Waals surface area (Å²) in [6.07, 6.45) is 5.71. The average Bonchev–Trinajstić information content (AvgIpc) is 2.60. The van der Waals surface area contributed by atoms with Gasteiger partial charge in [-0.05, 0) is 57.9 Å². The van der Waals surface area contributed by atoms with Crippen LogP contribution in [0, 0.1) is 11.8 Å². The summed E-state index contributed by atoms with van der Waals surface area (Å²) in [5.74, 6) is 1.21. The summed E-state index contributed by atoms with van der Waals surface area (Å²) in [7, 11) is 0. The Morgan fingerprint density at radius 3 is 2.81 bits per heavy atom. The number of nitrogens with one attached hydrogen (secondary N) is 2. The van der Waals surface area contributed by atoms with E-state index in [1.165, 1.54) is 6.33 Å². The topological polar surface area (TPSA) is 96.5 Å². The maximum absolute atomic E-state index is 12.7. The van der Waals surface area contributed by atoms with E-state index in [-0.39, 0.29) is 18.0 Å². The van der Waals surface area contributed by atoms with Crippen molar-refractivity contribution < 1.29 is 14.3 Å². The van der Waals surface area contributed by atoms with Crippen molar-refractivity contribution in [1.29, 1.82) is 0 Å². The minimum Gasteiger partial charge on any atom is -0.444 e. The number of carbonyl (C=O) groups is 2. The summed E-state index contributed by atoms with van der Waals surface area (Å²) in [5, 5.41) is 5.70. The van der Waals surface area contributed by atoms with E-state index in [1.807, 2.05) is 25.7 Å². The van der Waals surface area contributed by atoms with E-state index in [0.29, 0.717) is 18.3 Å². The van der Waals surface area contributed by atoms with Crippen LogP contribution in [0.25, 0.3) is 0 Å². The van der Waals surface area contributed by atoms with Crippen LogP contribution in [0.2, 0.25) is 0 Å². The Hall–Kier alpha value is -2.38. The van der Waals surface area contributed by atoms with Gasteiger partial charge in [0.15, 0.2) is 0 Å². The van der Waals surface area contributed by atoms with E-state index in [9.17, 15) is 9.59 Å². The number of carbonyl (C=O) groups excluding carboxylic acids is 2. The number of aromatic nitrogens is 2. The highest BCUT2D eigenvalue weighted by atomic mass is 16.6. The fraction of sp³-hybridized carbons (Fsp3) is 0.667. The molecule has 1 aromatic rings. The number of nitrogens with zero attached hydrogens (tertiary/aromatic N) is 3. The zero-order chi connectivity index (χ0) is 18.7. The third-order valence-electron chi connectivity index (χ3n) is 4.89. The number of rotatable bonds is 3. The van der Waals surface area contributed by atoms with Gasteiger partial charge >= 0.3 is 12.1 Å². The van der Waals surface area contributed by atoms with Crippen molar-refractivity contribution >= 4 is 17.9 Å². The Kier molecular flexibility index (Phi) is 5.29. The lowest BCUT2D eigenvalue weighted by atomic mass is 9.73. The van der Waals surface area contributed by atoms with Crippen LogP contribution >= 0.6 is 0 Å². The number of amides is 3. The molecule has 3 aliphatic rings. The van der Waals surface area contributed by atoms with Gasteiger partial charge in [0.25, 0.3) is 0 Å². The van der Waals surface area contributed by atoms with Gasteiger partial charge in [0.1, 0.15) is 17.7 Å². The molecule has 1 aliphatic carbocycles. The Morgan fingerprint density at radius 2 is 2.15 bits per heavy atom. The zero-order valence-corrected chi connectivity index (χ0v) is 15.6. The van der Waals surface area contributed by atoms with Gasteiger partial charge in [0, 0.05) is 25.3 Å². The highest BCUT2D eigenvalue weighted by Gasteiger charge is 2.43. The summed E-state index contributed by atoms with van der Waals surface area (Å²) < 4.78 is 5.31. The van der Waals surface area contributed by atoms with Crippen molar-refractivity contribution in [3.63, 3.8) is 0 Å². The van der Waals surface area contributed by atoms with Gasteiger partial charge in [-0.3, -0.25) is 5.32 Å². The minimum absolute atomic E-state index is 0.122. The van der Waals surface area contributed by atoms with E-state index in [2.05, 4.69) is 20.6 Å². The SMILES string of the molecule is CC(C)(C)OC(=O)NCC1CC2CCC1N(C(=O)Nc1ccncn1)C2. The molecule has 1 aromatic heterocycles. The summed E-state index contributed by atoms with van der Waals surface area (Å²) in [6.45, 7) is 6.80. The molecule has 3 fully saturated rings. The first-order chi connectivity index (χ1) is 12.3. The van der Waals surface area contributed by atoms with Gasteiger partial charge < -0.3 is 15.0 Å². The lowest BCUT2D eigenvalue weighted by Crippen LogP contribution is -2.58. The summed E-state index contributed by atoms with van der Waals surface area (Å²) in [4.78, 5) is 34.4. The molecule has 2 saturated heterocycles. The van der Waals surface area contributed by atoms with Gasteiger partial charge in [0.2, 0.25) is 0 Å². The first-order valence-corrected chi connectivity index (χ1v) is 9.12. The molecule has 8 heteroatoms. The molecule has 3 amide bonds. The largest absolute Gasteiger partial charge is 0.444 e. The molecule has 4 rings (SSSR count). The van der Waals surface area contributed by atoms with Crippen molar-refractivity contribution in [2.45, 2.75) is 51.7 Å². The molecule has 0 radical (unpaired) electrons. The lowest BCUT2D eigenvalue weighted by Gasteiger charge is -2.49. The molecule has 2 aliphatic heterocycles. The minimum atomic E-state index is -0.515. The number of piperidine rings is 2. The van der Waals surface area contributed by atoms with Crippen LogP contribution in [0.4, 0.5) is 15.4 Å². The van der Waals surface area contributed by atoms with Gasteiger partial charge in [-0.1, -0.05) is 0 Å². The number of anilines is 1. The quantitative estimate of drug-likeness (QED) is 0.863. The van der Waals surface area contributed by atoms with Crippen molar-refractivity contribution in [2.75, 3.05) is 18.4 Å². The normalized spacial score (nSPS) is 24.9. The van der Waals surface area contributed by atoms with Crippen LogP contribution in [0.15, 0.2) is 18.6 Å². The van der Waals surface area contributed by atoms with E-state index in [4.69, 9.17) is 4.74 Å². The molecule has 3 heterocycles. The van der Waals surface area contributed by atoms with Crippen LogP contribution in [-0.2, 0) is 4.74 Å². The fourth-order valence-electron chi connectivity index (χ4n) is 3.86. The van der Waals surface area contributed by atoms with E-state index in [0.717, 1.165) is 25.8 Å². The highest BCUT2D eigenvalue weighted by Crippen LogP contribution is 2.39. The molecule has 8 nitrogen and oxygen atoms in total. The molecule has 2 N–H and O–H groups in total. The van der Waals surface area contributed by atoms with E-state index < -0.39 is 11.7 Å². The maximum Gasteiger partial charge on any atom is 0.407 e. The maximum atomic E-state index is 12.7. The Morgan fingerprint density at radius 1 is 1.35 bits per heavy atom. The number of fused-ring (bicyclic) bond motifs is 3. The van der Waals surface area contributed by atoms with Crippen LogP contribution in [0.3, 0.4) is 0 Å². The number of urea groups is 1. The van der Waals surface area contributed by atoms with Crippen molar-refractivity contribution in [3.8, 4) is 0 Å². The summed E-state index contributed by atoms with van der Waals surface area (Å²) in [6, 6.07) is 1.65. The standard InChI is InChI=1S/C18H27N5O3/c1-18(2,3)26-17(25)20-9-13-8-12-4-5-14(13)23(10-12)16(24)22-15-6-7-19-11-21-15/h6-7,11-14H,4-5,8-10H2,1-3H3,(H,20,25)(H,19,21,22,24). The molecular formula is C18H27N5O3. The molecule has 0 spiro atoms. The highest BCUT2D eigenvalue weighted by molar-refractivity contribution is 5.88. The van der Waals surface area contributed by atoms with Crippen LogP contribution in [0.1, 0.15) is 40.0 Å². The number of alkyl carbamates (subject to hydrolysis) is 1. The second-order valence-corrected chi connectivity index (χ2v) is 8.07. The third-order valence-corrected chi connectivity index (χ3v) is 4.89. The Labute approximate surface area is 153 Å². The van der Waals surface area contributed by atoms with Crippen molar-refractivity contribution in [1.82, 2.24) is 20.2 Å². The van der Waals surface area contributed by atoms with Crippen molar-refractivity contribution in [3.05, 3.63) is 18.6 Å². The zero-order valence-electron chi connectivity index (χ0n) is 15.6. The molecule has 3 unspecified atom stereocenters. The fourth-order valence-corrected chi connectivity index (χ4v) is 3.86. The molecule has 142 valence electrons. The second kappa shape index (κ2) is 7.47. The summed E-state index contributed by atoms with van der Waals surface area (Å²) >= 11 is 0. The smallest absolute Gasteiger partial charge is 0.407 e. The first kappa shape index (κ1) is 18.4. The van der Waals surface area contributed by atoms with E-state index in [1.54, 1.807) is 12.3 Å². The molecule has 0 aromatic carbocycles. The van der Waals surface area contributed by atoms with Crippen molar-refractivity contribution in [2.24, 2.45) is 11.8 Å². The molecule has 2 bridgehead atoms. The third kappa shape index (κ3) is 4.62. The van der Waals surface area contributed by atoms with E-state index >= 15 is 0 Å². The Bertz CT molecular complexity index is 646. The first-order valence-electron chi connectivity index (χ1n) is 9.12. The predicted octanol–water partition coefficient (Wildman–Crippen LogP) is 2.63. The van der Waals surface area contributed by atoms with Crippen LogP contribution in [-0.4, -0.2) is 51.7 Å². The Balaban J connectivity index is 1.58. The molecule has 26 heavy (non-hydrogen) atoms. The predicted molar refractivity (Wildman–Crippen MR) is 96.6 cm³/mol. The van der Waals surface area contributed by atoms with Crippen LogP contribution in [0.5, 0.6) is 0 Å². The van der Waals surface area contributed by atoms with Crippen LogP contribution < -0.4 is 10.6 Å². The number of ether oxygens (including phenoxy) is 1. The molecule has 3 atom stereocenters.